The van der Waals surface area contributed by atoms with E-state index >= 15 is 0 Å². The smallest absolute Gasteiger partial charge is 0.254 e. The zero-order chi connectivity index (χ0) is 23.5. The topological polar surface area (TPSA) is 113 Å². The molecule has 0 atom stereocenters. The van der Waals surface area contributed by atoms with E-state index < -0.39 is 5.91 Å². The van der Waals surface area contributed by atoms with Gasteiger partial charge in [-0.2, -0.15) is 5.10 Å². The molecule has 172 valence electrons. The molecule has 2 amide bonds. The molecular weight excluding hydrogens is 418 g/mol. The van der Waals surface area contributed by atoms with E-state index in [0.29, 0.717) is 43.2 Å². The molecule has 0 bridgehead atoms. The molecule has 0 spiro atoms. The predicted molar refractivity (Wildman–Crippen MR) is 128 cm³/mol. The van der Waals surface area contributed by atoms with Crippen LogP contribution in [0.4, 0.5) is 11.5 Å². The Morgan fingerprint density at radius 2 is 1.85 bits per heavy atom. The number of hydrogen-bond acceptors (Lipinski definition) is 5. The molecule has 0 unspecified atom stereocenters. The first-order valence-electron chi connectivity index (χ1n) is 11.0. The zero-order valence-corrected chi connectivity index (χ0v) is 19.2. The number of carbonyl (C=O) groups excluding carboxylic acids is 2. The van der Waals surface area contributed by atoms with Crippen LogP contribution >= 0.6 is 0 Å². The number of carbonyl (C=O) groups is 2. The third kappa shape index (κ3) is 4.90. The number of nitrogens with one attached hydrogen (secondary N) is 2. The van der Waals surface area contributed by atoms with E-state index in [-0.39, 0.29) is 12.5 Å². The maximum atomic E-state index is 12.2. The number of nitrogens with two attached hydrogens (primary N) is 1. The van der Waals surface area contributed by atoms with Gasteiger partial charge in [-0.1, -0.05) is 24.3 Å². The normalized spacial score (nSPS) is 13.9. The molecule has 0 aliphatic carbocycles. The highest BCUT2D eigenvalue weighted by atomic mass is 16.5. The van der Waals surface area contributed by atoms with Gasteiger partial charge in [0, 0.05) is 25.2 Å². The van der Waals surface area contributed by atoms with Crippen molar-refractivity contribution < 1.29 is 14.3 Å². The highest BCUT2D eigenvalue weighted by Gasteiger charge is 2.21. The molecule has 2 heterocycles. The van der Waals surface area contributed by atoms with Crippen molar-refractivity contribution in [3.8, 4) is 0 Å². The molecule has 1 aliphatic rings. The minimum Gasteiger partial charge on any atom is -0.370 e. The maximum Gasteiger partial charge on any atom is 0.254 e. The predicted octanol–water partition coefficient (Wildman–Crippen LogP) is 3.00. The Bertz CT molecular complexity index is 1160. The number of ether oxygens (including phenoxy) is 1. The first-order chi connectivity index (χ1) is 15.8. The number of benzene rings is 2. The summed E-state index contributed by atoms with van der Waals surface area (Å²) < 4.78 is 5.19. The summed E-state index contributed by atoms with van der Waals surface area (Å²) in [4.78, 5) is 26.0. The lowest BCUT2D eigenvalue weighted by atomic mass is 10.0. The van der Waals surface area contributed by atoms with Gasteiger partial charge < -0.3 is 20.7 Å². The molecular formula is C25H29N5O3. The highest BCUT2D eigenvalue weighted by molar-refractivity contribution is 5.99. The lowest BCUT2D eigenvalue weighted by Crippen LogP contribution is -2.41. The fourth-order valence-electron chi connectivity index (χ4n) is 4.10. The van der Waals surface area contributed by atoms with E-state index in [0.717, 1.165) is 16.8 Å². The standard InChI is InChI=1S/C25H29N5O3/c1-15-10-19(11-16(2)17(15)3)13-27-25-23(24(26)32)21(28-29-25)12-18-4-6-20(7-5-18)30-8-9-33-14-22(30)31/h4-7,10-11H,8-9,12-14H2,1-3H3,(H2,26,32)(H2,27,28,29). The third-order valence-electron chi connectivity index (χ3n) is 6.15. The first kappa shape index (κ1) is 22.5. The summed E-state index contributed by atoms with van der Waals surface area (Å²) in [5.41, 5.74) is 13.4. The van der Waals surface area contributed by atoms with Gasteiger partial charge in [0.2, 0.25) is 0 Å². The van der Waals surface area contributed by atoms with Gasteiger partial charge in [0.25, 0.3) is 11.8 Å². The van der Waals surface area contributed by atoms with Crippen LogP contribution in [0.25, 0.3) is 0 Å². The van der Waals surface area contributed by atoms with E-state index in [1.165, 1.54) is 16.7 Å². The van der Waals surface area contributed by atoms with E-state index in [1.807, 2.05) is 24.3 Å². The molecule has 0 saturated carbocycles. The molecule has 4 N–H and O–H groups in total. The lowest BCUT2D eigenvalue weighted by molar-refractivity contribution is -0.125. The van der Waals surface area contributed by atoms with Crippen LogP contribution in [0.2, 0.25) is 0 Å². The second kappa shape index (κ2) is 9.46. The maximum absolute atomic E-state index is 12.2. The van der Waals surface area contributed by atoms with Gasteiger partial charge in [-0.05, 0) is 60.7 Å². The number of rotatable bonds is 7. The summed E-state index contributed by atoms with van der Waals surface area (Å²) in [5.74, 6) is -0.134. The Morgan fingerprint density at radius 3 is 2.48 bits per heavy atom. The number of nitrogens with zero attached hydrogens (tertiary/aromatic N) is 2. The summed E-state index contributed by atoms with van der Waals surface area (Å²) in [6.45, 7) is 8.00. The summed E-state index contributed by atoms with van der Waals surface area (Å²) in [6, 6.07) is 11.9. The van der Waals surface area contributed by atoms with Crippen molar-refractivity contribution in [1.82, 2.24) is 10.2 Å². The third-order valence-corrected chi connectivity index (χ3v) is 6.15. The van der Waals surface area contributed by atoms with Crippen LogP contribution in [0.1, 0.15) is 43.9 Å². The fourth-order valence-corrected chi connectivity index (χ4v) is 4.10. The largest absolute Gasteiger partial charge is 0.370 e. The van der Waals surface area contributed by atoms with Crippen molar-refractivity contribution in [1.29, 1.82) is 0 Å². The van der Waals surface area contributed by atoms with Crippen molar-refractivity contribution in [2.24, 2.45) is 5.73 Å². The van der Waals surface area contributed by atoms with Crippen molar-refractivity contribution in [3.05, 3.63) is 75.5 Å². The Morgan fingerprint density at radius 1 is 1.15 bits per heavy atom. The Labute approximate surface area is 193 Å². The quantitative estimate of drug-likeness (QED) is 0.515. The number of primary amides is 1. The van der Waals surface area contributed by atoms with E-state index in [1.54, 1.807) is 4.90 Å². The number of aryl methyl sites for hydroxylation is 2. The summed E-state index contributed by atoms with van der Waals surface area (Å²) in [7, 11) is 0. The first-order valence-corrected chi connectivity index (χ1v) is 11.0. The molecule has 4 rings (SSSR count). The van der Waals surface area contributed by atoms with Crippen LogP contribution in [0.5, 0.6) is 0 Å². The SMILES string of the molecule is Cc1cc(CNc2n[nH]c(Cc3ccc(N4CCOCC4=O)cc3)c2C(N)=O)cc(C)c1C. The lowest BCUT2D eigenvalue weighted by Gasteiger charge is -2.26. The molecule has 8 nitrogen and oxygen atoms in total. The number of hydrogen-bond donors (Lipinski definition) is 3. The molecule has 2 aromatic carbocycles. The number of H-pyrrole nitrogens is 1. The molecule has 1 aromatic heterocycles. The van der Waals surface area contributed by atoms with Crippen LogP contribution < -0.4 is 16.0 Å². The molecule has 33 heavy (non-hydrogen) atoms. The number of aromatic nitrogens is 2. The minimum atomic E-state index is -0.534. The van der Waals surface area contributed by atoms with Gasteiger partial charge in [0.15, 0.2) is 5.82 Å². The second-order valence-corrected chi connectivity index (χ2v) is 8.44. The zero-order valence-electron chi connectivity index (χ0n) is 19.2. The molecule has 8 heteroatoms. The van der Waals surface area contributed by atoms with E-state index in [4.69, 9.17) is 10.5 Å². The monoisotopic (exact) mass is 447 g/mol. The number of aromatic amines is 1. The Hall–Kier alpha value is -3.65. The van der Waals surface area contributed by atoms with Gasteiger partial charge in [-0.15, -0.1) is 0 Å². The van der Waals surface area contributed by atoms with Gasteiger partial charge >= 0.3 is 0 Å². The average molecular weight is 448 g/mol. The molecule has 1 aliphatic heterocycles. The van der Waals surface area contributed by atoms with Gasteiger partial charge in [-0.25, -0.2) is 0 Å². The van der Waals surface area contributed by atoms with Gasteiger partial charge in [-0.3, -0.25) is 14.7 Å². The molecule has 1 saturated heterocycles. The molecule has 0 radical (unpaired) electrons. The number of morpholine rings is 1. The Balaban J connectivity index is 1.49. The van der Waals surface area contributed by atoms with Crippen LogP contribution in [0.15, 0.2) is 36.4 Å². The molecule has 3 aromatic rings. The summed E-state index contributed by atoms with van der Waals surface area (Å²) >= 11 is 0. The Kier molecular flexibility index (Phi) is 6.46. The fraction of sp³-hybridized carbons (Fsp3) is 0.320. The highest BCUT2D eigenvalue weighted by Crippen LogP contribution is 2.23. The second-order valence-electron chi connectivity index (χ2n) is 8.44. The van der Waals surface area contributed by atoms with E-state index in [9.17, 15) is 9.59 Å². The van der Waals surface area contributed by atoms with E-state index in [2.05, 4.69) is 48.4 Å². The van der Waals surface area contributed by atoms with Gasteiger partial charge in [0.1, 0.15) is 12.2 Å². The number of anilines is 2. The van der Waals surface area contributed by atoms with Crippen LogP contribution in [-0.2, 0) is 22.5 Å². The minimum absolute atomic E-state index is 0.0479. The van der Waals surface area contributed by atoms with Crippen molar-refractivity contribution in [2.75, 3.05) is 30.0 Å². The van der Waals surface area contributed by atoms with Crippen molar-refractivity contribution in [2.45, 2.75) is 33.7 Å². The van der Waals surface area contributed by atoms with Crippen molar-refractivity contribution in [3.63, 3.8) is 0 Å². The number of amides is 2. The van der Waals surface area contributed by atoms with Crippen LogP contribution in [0, 0.1) is 20.8 Å². The summed E-state index contributed by atoms with van der Waals surface area (Å²) in [5, 5.41) is 10.5. The van der Waals surface area contributed by atoms with Gasteiger partial charge in [0.05, 0.1) is 12.3 Å². The van der Waals surface area contributed by atoms with Crippen molar-refractivity contribution >= 4 is 23.3 Å². The summed E-state index contributed by atoms with van der Waals surface area (Å²) in [6.07, 6.45) is 0.465. The average Bonchev–Trinajstić information content (AvgIpc) is 3.19. The van der Waals surface area contributed by atoms with Crippen LogP contribution in [-0.4, -0.2) is 41.8 Å². The van der Waals surface area contributed by atoms with Crippen LogP contribution in [0.3, 0.4) is 0 Å². The molecule has 1 fully saturated rings.